The fourth-order valence-corrected chi connectivity index (χ4v) is 12.4. The van der Waals surface area contributed by atoms with Crippen LogP contribution in [0, 0.1) is 0 Å². The van der Waals surface area contributed by atoms with Gasteiger partial charge in [0, 0.05) is 0 Å². The van der Waals surface area contributed by atoms with Crippen molar-refractivity contribution in [2.75, 3.05) is 0 Å². The number of hydrogen-bond acceptors (Lipinski definition) is 6. The minimum atomic E-state index is -6.44. The summed E-state index contributed by atoms with van der Waals surface area (Å²) in [5, 5.41) is 0.653. The molecule has 0 atom stereocenters. The van der Waals surface area contributed by atoms with Crippen LogP contribution in [0.15, 0.2) is 40.1 Å². The van der Waals surface area contributed by atoms with Crippen LogP contribution in [0.3, 0.4) is 0 Å². The van der Waals surface area contributed by atoms with Crippen molar-refractivity contribution in [1.82, 2.24) is 0 Å². The third-order valence-corrected chi connectivity index (χ3v) is 15.0. The summed E-state index contributed by atoms with van der Waals surface area (Å²) in [6.07, 6.45) is 7.72. The van der Waals surface area contributed by atoms with Gasteiger partial charge in [0.1, 0.15) is 21.3 Å². The van der Waals surface area contributed by atoms with E-state index in [1.807, 2.05) is 0 Å². The summed E-state index contributed by atoms with van der Waals surface area (Å²) in [6, 6.07) is 6.43. The van der Waals surface area contributed by atoms with Crippen molar-refractivity contribution in [3.8, 4) is 22.6 Å². The second-order valence-electron chi connectivity index (χ2n) is 12.6. The monoisotopic (exact) mass is 730 g/mol. The third kappa shape index (κ3) is 7.90. The van der Waals surface area contributed by atoms with Crippen LogP contribution in [0.2, 0.25) is 0 Å². The van der Waals surface area contributed by atoms with Gasteiger partial charge in [0.2, 0.25) is 0 Å². The van der Waals surface area contributed by atoms with E-state index in [-0.39, 0.29) is 22.9 Å². The molecule has 2 fully saturated rings. The molecule has 0 unspecified atom stereocenters. The fourth-order valence-electron chi connectivity index (χ4n) is 6.52. The smallest absolute Gasteiger partial charge is 0.489 e. The fraction of sp³-hybridized carbons (Fsp3) is 0.625. The molecular weight excluding hydrogens is 689 g/mol. The Kier molecular flexibility index (Phi) is 11.6. The second kappa shape index (κ2) is 14.4. The highest BCUT2D eigenvalue weighted by atomic mass is 32.2. The maximum Gasteiger partial charge on any atom is 0.502 e. The molecule has 6 nitrogen and oxygen atoms in total. The molecule has 264 valence electrons. The summed E-state index contributed by atoms with van der Waals surface area (Å²) in [5.74, 6) is -1.80. The van der Waals surface area contributed by atoms with E-state index in [0.29, 0.717) is 5.30 Å². The average molecular weight is 731 g/mol. The van der Waals surface area contributed by atoms with Crippen LogP contribution in [-0.4, -0.2) is 51.4 Å². The zero-order valence-corrected chi connectivity index (χ0v) is 29.3. The number of rotatable bonds is 10. The van der Waals surface area contributed by atoms with E-state index in [1.54, 1.807) is 12.1 Å². The molecule has 15 heteroatoms. The zero-order chi connectivity index (χ0) is 34.9. The van der Waals surface area contributed by atoms with Gasteiger partial charge in [-0.1, -0.05) is 70.7 Å². The Labute approximate surface area is 274 Å². The Balaban J connectivity index is 2.23. The first kappa shape index (κ1) is 37.8. The molecule has 0 spiro atoms. The molecule has 2 saturated carbocycles. The predicted octanol–water partition coefficient (Wildman–Crippen LogP) is 9.29. The van der Waals surface area contributed by atoms with Crippen molar-refractivity contribution in [1.29, 1.82) is 0 Å². The molecule has 0 bridgehead atoms. The van der Waals surface area contributed by atoms with E-state index >= 15 is 0 Å². The van der Waals surface area contributed by atoms with Crippen molar-refractivity contribution in [2.45, 2.75) is 136 Å². The van der Waals surface area contributed by atoms with E-state index in [4.69, 9.17) is 9.47 Å². The first-order valence-corrected chi connectivity index (χ1v) is 20.3. The largest absolute Gasteiger partial charge is 0.502 e. The molecule has 2 aromatic rings. The summed E-state index contributed by atoms with van der Waals surface area (Å²) in [7, 11) is -14.0. The van der Waals surface area contributed by atoms with E-state index in [1.165, 1.54) is 39.8 Å². The number of sulfone groups is 2. The van der Waals surface area contributed by atoms with Crippen LogP contribution < -0.4 is 14.8 Å². The van der Waals surface area contributed by atoms with Gasteiger partial charge in [-0.15, -0.1) is 0 Å². The summed E-state index contributed by atoms with van der Waals surface area (Å²) in [5.41, 5.74) is -12.0. The van der Waals surface area contributed by atoms with Gasteiger partial charge in [-0.3, -0.25) is 0 Å². The molecule has 4 rings (SSSR count). The topological polar surface area (TPSA) is 86.7 Å². The Morgan fingerprint density at radius 3 is 1.40 bits per heavy atom. The lowest BCUT2D eigenvalue weighted by Gasteiger charge is -2.40. The van der Waals surface area contributed by atoms with Gasteiger partial charge in [-0.2, -0.15) is 26.3 Å². The summed E-state index contributed by atoms with van der Waals surface area (Å²) in [4.78, 5) is -3.44. The Hall–Kier alpha value is -2.05. The van der Waals surface area contributed by atoms with Gasteiger partial charge < -0.3 is 9.47 Å². The Morgan fingerprint density at radius 2 is 1.04 bits per heavy atom. The molecule has 0 N–H and O–H groups in total. The number of hydrogen-bond donors (Lipinski definition) is 0. The van der Waals surface area contributed by atoms with Gasteiger partial charge in [0.15, 0.2) is 0 Å². The molecule has 0 aliphatic heterocycles. The number of halogens is 6. The molecule has 0 saturated heterocycles. The van der Waals surface area contributed by atoms with E-state index in [9.17, 15) is 43.2 Å². The van der Waals surface area contributed by atoms with Crippen LogP contribution in [0.25, 0.3) is 11.1 Å². The highest BCUT2D eigenvalue weighted by Crippen LogP contribution is 2.58. The van der Waals surface area contributed by atoms with E-state index in [2.05, 4.69) is 0 Å². The first-order valence-electron chi connectivity index (χ1n) is 15.8. The number of ether oxygens (including phenoxy) is 2. The van der Waals surface area contributed by atoms with Crippen molar-refractivity contribution in [3.63, 3.8) is 0 Å². The molecular formula is C32H41F6O6PS2. The van der Waals surface area contributed by atoms with Gasteiger partial charge in [-0.25, -0.2) is 16.8 Å². The third-order valence-electron chi connectivity index (χ3n) is 8.45. The normalized spacial score (nSPS) is 17.9. The average Bonchev–Trinajstić information content (AvgIpc) is 2.97. The molecule has 0 aromatic heterocycles. The van der Waals surface area contributed by atoms with Crippen LogP contribution >= 0.6 is 7.92 Å². The standard InChI is InChI=1S/C32H41F6O6PS2/c1-20(2)43-29-26(46(39,40)31(33,34)35)19-27(47(41,42)32(36,37)38)30(44-21(3)4)28(29)24-17-11-12-18-25(24)45(22-13-7-5-8-14-22)23-15-9-6-10-16-23/h11-12,17-23H,5-10,13-16H2,1-4H3. The van der Waals surface area contributed by atoms with E-state index < -0.39 is 77.7 Å². The van der Waals surface area contributed by atoms with Crippen LogP contribution in [0.1, 0.15) is 91.9 Å². The first-order chi connectivity index (χ1) is 21.8. The minimum Gasteiger partial charge on any atom is -0.489 e. The maximum atomic E-state index is 14.2. The highest BCUT2D eigenvalue weighted by molar-refractivity contribution is 7.93. The molecule has 0 heterocycles. The summed E-state index contributed by atoms with van der Waals surface area (Å²) in [6.45, 7) is 5.67. The molecule has 47 heavy (non-hydrogen) atoms. The summed E-state index contributed by atoms with van der Waals surface area (Å²) < 4.78 is 149. The van der Waals surface area contributed by atoms with Crippen molar-refractivity contribution in [3.05, 3.63) is 30.3 Å². The number of alkyl halides is 6. The highest BCUT2D eigenvalue weighted by Gasteiger charge is 2.54. The predicted molar refractivity (Wildman–Crippen MR) is 170 cm³/mol. The quantitative estimate of drug-likeness (QED) is 0.179. The lowest BCUT2D eigenvalue weighted by molar-refractivity contribution is -0.0439. The lowest BCUT2D eigenvalue weighted by atomic mass is 9.99. The lowest BCUT2D eigenvalue weighted by Crippen LogP contribution is -2.29. The van der Waals surface area contributed by atoms with Gasteiger partial charge in [0.25, 0.3) is 19.7 Å². The van der Waals surface area contributed by atoms with Crippen molar-refractivity contribution < 1.29 is 52.7 Å². The van der Waals surface area contributed by atoms with Gasteiger partial charge in [-0.05, 0) is 81.6 Å². The minimum absolute atomic E-state index is 0.110. The molecule has 2 aliphatic rings. The molecule has 2 aliphatic carbocycles. The van der Waals surface area contributed by atoms with Crippen LogP contribution in [0.5, 0.6) is 11.5 Å². The summed E-state index contributed by atoms with van der Waals surface area (Å²) >= 11 is 0. The SMILES string of the molecule is CC(C)Oc1c(S(=O)(=O)C(F)(F)F)cc(S(=O)(=O)C(F)(F)F)c(OC(C)C)c1-c1ccccc1P(C1CCCCC1)C1CCCCC1. The van der Waals surface area contributed by atoms with Crippen molar-refractivity contribution in [2.24, 2.45) is 0 Å². The van der Waals surface area contributed by atoms with E-state index in [0.717, 1.165) is 64.2 Å². The Morgan fingerprint density at radius 1 is 0.660 bits per heavy atom. The van der Waals surface area contributed by atoms with Crippen LogP contribution in [0.4, 0.5) is 26.3 Å². The molecule has 0 radical (unpaired) electrons. The maximum absolute atomic E-state index is 14.2. The van der Waals surface area contributed by atoms with Crippen LogP contribution in [-0.2, 0) is 19.7 Å². The second-order valence-corrected chi connectivity index (χ2v) is 19.2. The van der Waals surface area contributed by atoms with Gasteiger partial charge in [0.05, 0.1) is 17.8 Å². The van der Waals surface area contributed by atoms with Gasteiger partial charge >= 0.3 is 11.0 Å². The molecule has 2 aromatic carbocycles. The van der Waals surface area contributed by atoms with Crippen molar-refractivity contribution >= 4 is 32.9 Å². The number of benzene rings is 2. The Bertz CT molecular complexity index is 1530. The zero-order valence-electron chi connectivity index (χ0n) is 26.7. The molecule has 0 amide bonds.